The number of carboxylic acid groups (broad SMARTS) is 1. The van der Waals surface area contributed by atoms with Crippen LogP contribution >= 0.6 is 0 Å². The van der Waals surface area contributed by atoms with Gasteiger partial charge in [-0.2, -0.15) is 0 Å². The Hall–Kier alpha value is -0.690. The van der Waals surface area contributed by atoms with E-state index in [4.69, 9.17) is 15.6 Å². The van der Waals surface area contributed by atoms with Crippen molar-refractivity contribution in [1.29, 1.82) is 0 Å². The Morgan fingerprint density at radius 3 is 2.75 bits per heavy atom. The minimum atomic E-state index is -1.09. The van der Waals surface area contributed by atoms with Gasteiger partial charge >= 0.3 is 5.97 Å². The number of carbonyl (C=O) groups is 1. The lowest BCUT2D eigenvalue weighted by molar-refractivity contribution is -0.142. The molecule has 2 saturated heterocycles. The van der Waals surface area contributed by atoms with Gasteiger partial charge in [0.15, 0.2) is 0 Å². The molecule has 6 nitrogen and oxygen atoms in total. The Morgan fingerprint density at radius 1 is 1.40 bits per heavy atom. The summed E-state index contributed by atoms with van der Waals surface area (Å²) in [5, 5.41) is 8.99. The molecule has 2 rings (SSSR count). The van der Waals surface area contributed by atoms with Gasteiger partial charge in [-0.1, -0.05) is 0 Å². The molecule has 0 aliphatic carbocycles. The highest BCUT2D eigenvalue weighted by Crippen LogP contribution is 2.18. The fraction of sp³-hybridized carbons (Fsp3) is 0.929. The molecule has 0 bridgehead atoms. The van der Waals surface area contributed by atoms with Gasteiger partial charge in [0.1, 0.15) is 5.54 Å². The summed E-state index contributed by atoms with van der Waals surface area (Å²) in [4.78, 5) is 15.9. The largest absolute Gasteiger partial charge is 0.480 e. The summed E-state index contributed by atoms with van der Waals surface area (Å²) in [7, 11) is 0. The number of morpholine rings is 1. The van der Waals surface area contributed by atoms with Gasteiger partial charge < -0.3 is 20.5 Å². The second kappa shape index (κ2) is 6.85. The van der Waals surface area contributed by atoms with Gasteiger partial charge in [0.05, 0.1) is 13.2 Å². The zero-order valence-electron chi connectivity index (χ0n) is 12.4. The summed E-state index contributed by atoms with van der Waals surface area (Å²) in [6.45, 7) is 8.51. The van der Waals surface area contributed by atoms with Crippen molar-refractivity contribution in [3.63, 3.8) is 0 Å². The molecule has 0 aromatic carbocycles. The van der Waals surface area contributed by atoms with Crippen LogP contribution < -0.4 is 5.73 Å². The quantitative estimate of drug-likeness (QED) is 0.714. The minimum absolute atomic E-state index is 0.529. The Kier molecular flexibility index (Phi) is 5.37. The standard InChI is InChI=1S/C14H27N3O3/c1-14(15,13(18)19)4-2-5-16-6-3-12(11-16)17-7-9-20-10-8-17/h12H,2-11,15H2,1H3,(H,18,19). The highest BCUT2D eigenvalue weighted by Gasteiger charge is 2.30. The third-order valence-corrected chi connectivity index (χ3v) is 4.47. The number of carboxylic acids is 1. The Balaban J connectivity index is 1.67. The van der Waals surface area contributed by atoms with Crippen molar-refractivity contribution >= 4 is 5.97 Å². The van der Waals surface area contributed by atoms with Crippen LogP contribution in [0, 0.1) is 0 Å². The molecule has 0 saturated carbocycles. The minimum Gasteiger partial charge on any atom is -0.480 e. The fourth-order valence-electron chi connectivity index (χ4n) is 3.03. The summed E-state index contributed by atoms with van der Waals surface area (Å²) in [6.07, 6.45) is 2.58. The van der Waals surface area contributed by atoms with Gasteiger partial charge in [-0.15, -0.1) is 0 Å². The predicted octanol–water partition coefficient (Wildman–Crippen LogP) is -0.0249. The van der Waals surface area contributed by atoms with Crippen molar-refractivity contribution in [2.24, 2.45) is 5.73 Å². The Morgan fingerprint density at radius 2 is 2.10 bits per heavy atom. The van der Waals surface area contributed by atoms with Crippen molar-refractivity contribution in [2.45, 2.75) is 37.8 Å². The van der Waals surface area contributed by atoms with Crippen LogP contribution in [0.4, 0.5) is 0 Å². The first kappa shape index (κ1) is 15.7. The van der Waals surface area contributed by atoms with Gasteiger partial charge in [-0.25, -0.2) is 0 Å². The van der Waals surface area contributed by atoms with E-state index in [-0.39, 0.29) is 0 Å². The van der Waals surface area contributed by atoms with Crippen molar-refractivity contribution in [2.75, 3.05) is 45.9 Å². The second-order valence-corrected chi connectivity index (χ2v) is 6.22. The van der Waals surface area contributed by atoms with E-state index in [0.717, 1.165) is 52.4 Å². The molecule has 0 spiro atoms. The molecule has 6 heteroatoms. The van der Waals surface area contributed by atoms with Gasteiger partial charge in [-0.05, 0) is 39.3 Å². The average Bonchev–Trinajstić information content (AvgIpc) is 2.88. The van der Waals surface area contributed by atoms with Crippen LogP contribution in [0.5, 0.6) is 0 Å². The molecular weight excluding hydrogens is 258 g/mol. The maximum atomic E-state index is 10.9. The van der Waals surface area contributed by atoms with Gasteiger partial charge in [0.25, 0.3) is 0 Å². The first-order valence-electron chi connectivity index (χ1n) is 7.55. The molecule has 116 valence electrons. The molecule has 2 unspecified atom stereocenters. The number of likely N-dealkylation sites (tertiary alicyclic amines) is 1. The van der Waals surface area contributed by atoms with Crippen LogP contribution in [0.1, 0.15) is 26.2 Å². The van der Waals surface area contributed by atoms with Gasteiger partial charge in [-0.3, -0.25) is 9.69 Å². The summed E-state index contributed by atoms with van der Waals surface area (Å²) >= 11 is 0. The SMILES string of the molecule is CC(N)(CCCN1CCC(N2CCOCC2)C1)C(=O)O. The maximum absolute atomic E-state index is 10.9. The van der Waals surface area contributed by atoms with Crippen LogP contribution in [-0.2, 0) is 9.53 Å². The summed E-state index contributed by atoms with van der Waals surface area (Å²) in [5.41, 5.74) is 4.65. The fourth-order valence-corrected chi connectivity index (χ4v) is 3.03. The Labute approximate surface area is 120 Å². The molecule has 2 aliphatic rings. The summed E-state index contributed by atoms with van der Waals surface area (Å²) in [5.74, 6) is -0.912. The monoisotopic (exact) mass is 285 g/mol. The first-order valence-corrected chi connectivity index (χ1v) is 7.55. The molecule has 0 aromatic heterocycles. The van der Waals surface area contributed by atoms with E-state index in [9.17, 15) is 4.79 Å². The van der Waals surface area contributed by atoms with Crippen LogP contribution in [0.15, 0.2) is 0 Å². The van der Waals surface area contributed by atoms with E-state index in [0.29, 0.717) is 12.5 Å². The predicted molar refractivity (Wildman–Crippen MR) is 76.7 cm³/mol. The van der Waals surface area contributed by atoms with Crippen molar-refractivity contribution in [3.8, 4) is 0 Å². The van der Waals surface area contributed by atoms with E-state index in [1.807, 2.05) is 0 Å². The molecule has 2 fully saturated rings. The number of hydrogen-bond donors (Lipinski definition) is 2. The molecule has 2 heterocycles. The molecule has 2 atom stereocenters. The number of aliphatic carboxylic acids is 1. The van der Waals surface area contributed by atoms with Gasteiger partial charge in [0.2, 0.25) is 0 Å². The third kappa shape index (κ3) is 4.15. The lowest BCUT2D eigenvalue weighted by Crippen LogP contribution is -2.46. The zero-order chi connectivity index (χ0) is 14.6. The molecule has 0 aromatic rings. The maximum Gasteiger partial charge on any atom is 0.323 e. The normalized spacial score (nSPS) is 28.4. The number of rotatable bonds is 6. The first-order chi connectivity index (χ1) is 9.49. The topological polar surface area (TPSA) is 79.0 Å². The van der Waals surface area contributed by atoms with Gasteiger partial charge in [0, 0.05) is 25.7 Å². The highest BCUT2D eigenvalue weighted by molar-refractivity contribution is 5.77. The van der Waals surface area contributed by atoms with Crippen molar-refractivity contribution < 1.29 is 14.6 Å². The van der Waals surface area contributed by atoms with Crippen LogP contribution in [0.3, 0.4) is 0 Å². The summed E-state index contributed by atoms with van der Waals surface area (Å²) in [6, 6.07) is 0.641. The number of nitrogens with two attached hydrogens (primary N) is 1. The van der Waals surface area contributed by atoms with E-state index in [1.54, 1.807) is 6.92 Å². The summed E-state index contributed by atoms with van der Waals surface area (Å²) < 4.78 is 5.39. The highest BCUT2D eigenvalue weighted by atomic mass is 16.5. The third-order valence-electron chi connectivity index (χ3n) is 4.47. The van der Waals surface area contributed by atoms with Crippen LogP contribution in [0.25, 0.3) is 0 Å². The molecule has 2 aliphatic heterocycles. The lowest BCUT2D eigenvalue weighted by Gasteiger charge is -2.32. The molecule has 3 N–H and O–H groups in total. The van der Waals surface area contributed by atoms with Crippen LogP contribution in [0.2, 0.25) is 0 Å². The molecular formula is C14H27N3O3. The molecule has 0 radical (unpaired) electrons. The zero-order valence-corrected chi connectivity index (χ0v) is 12.4. The lowest BCUT2D eigenvalue weighted by atomic mass is 9.97. The smallest absolute Gasteiger partial charge is 0.323 e. The van der Waals surface area contributed by atoms with E-state index in [1.165, 1.54) is 6.42 Å². The Bertz CT molecular complexity index is 330. The van der Waals surface area contributed by atoms with Crippen LogP contribution in [-0.4, -0.2) is 78.4 Å². The molecule has 0 amide bonds. The van der Waals surface area contributed by atoms with E-state index >= 15 is 0 Å². The number of ether oxygens (including phenoxy) is 1. The van der Waals surface area contributed by atoms with Crippen molar-refractivity contribution in [1.82, 2.24) is 9.80 Å². The average molecular weight is 285 g/mol. The number of hydrogen-bond acceptors (Lipinski definition) is 5. The number of nitrogens with zero attached hydrogens (tertiary/aromatic N) is 2. The second-order valence-electron chi connectivity index (χ2n) is 6.22. The van der Waals surface area contributed by atoms with Crippen molar-refractivity contribution in [3.05, 3.63) is 0 Å². The van der Waals surface area contributed by atoms with E-state index in [2.05, 4.69) is 9.80 Å². The molecule has 20 heavy (non-hydrogen) atoms. The van der Waals surface area contributed by atoms with E-state index < -0.39 is 11.5 Å².